The molecular weight excluding hydrogens is 108 g/mol. The lowest BCUT2D eigenvalue weighted by Crippen LogP contribution is -1.82. The minimum absolute atomic E-state index is 1.01. The van der Waals surface area contributed by atoms with Crippen LogP contribution in [0.3, 0.4) is 0 Å². The van der Waals surface area contributed by atoms with Gasteiger partial charge in [0.2, 0.25) is 0 Å². The zero-order chi connectivity index (χ0) is 6.43. The first-order valence-electron chi connectivity index (χ1n) is 4.00. The quantitative estimate of drug-likeness (QED) is 0.469. The van der Waals surface area contributed by atoms with Gasteiger partial charge in [-0.15, -0.1) is 0 Å². The Morgan fingerprint density at radius 2 is 2.44 bits per heavy atom. The third-order valence-corrected chi connectivity index (χ3v) is 2.90. The second-order valence-corrected chi connectivity index (χ2v) is 3.53. The molecule has 0 saturated heterocycles. The molecule has 2 aliphatic rings. The van der Waals surface area contributed by atoms with Gasteiger partial charge in [0.15, 0.2) is 0 Å². The minimum Gasteiger partial charge on any atom is -0.0819 e. The average Bonchev–Trinajstić information content (AvgIpc) is 2.30. The largest absolute Gasteiger partial charge is 0.0819 e. The monoisotopic (exact) mass is 122 g/mol. The fourth-order valence-electron chi connectivity index (χ4n) is 2.35. The average molecular weight is 122 g/mol. The van der Waals surface area contributed by atoms with E-state index in [4.69, 9.17) is 0 Å². The van der Waals surface area contributed by atoms with Gasteiger partial charge in [-0.1, -0.05) is 25.0 Å². The molecule has 50 valence electrons. The smallest absolute Gasteiger partial charge is 0.0165 e. The van der Waals surface area contributed by atoms with E-state index in [2.05, 4.69) is 19.9 Å². The lowest BCUT2D eigenvalue weighted by molar-refractivity contribution is 0.668. The Labute approximate surface area is 57.0 Å². The van der Waals surface area contributed by atoms with E-state index in [1.807, 2.05) is 0 Å². The molecule has 9 heavy (non-hydrogen) atoms. The molecule has 0 heterocycles. The van der Waals surface area contributed by atoms with Gasteiger partial charge in [-0.05, 0) is 31.1 Å². The second-order valence-electron chi connectivity index (χ2n) is 3.53. The summed E-state index contributed by atoms with van der Waals surface area (Å²) >= 11 is 0. The van der Waals surface area contributed by atoms with Crippen molar-refractivity contribution in [3.8, 4) is 0 Å². The molecule has 0 amide bonds. The zero-order valence-corrected chi connectivity index (χ0v) is 6.22. The molecule has 1 saturated carbocycles. The van der Waals surface area contributed by atoms with Gasteiger partial charge in [0.05, 0.1) is 0 Å². The summed E-state index contributed by atoms with van der Waals surface area (Å²) < 4.78 is 0. The molecule has 0 N–H and O–H groups in total. The van der Waals surface area contributed by atoms with Crippen LogP contribution in [0.2, 0.25) is 0 Å². The van der Waals surface area contributed by atoms with E-state index in [0.717, 1.165) is 17.8 Å². The van der Waals surface area contributed by atoms with E-state index in [1.54, 1.807) is 5.57 Å². The Kier molecular flexibility index (Phi) is 0.992. The first-order chi connectivity index (χ1) is 4.33. The fourth-order valence-corrected chi connectivity index (χ4v) is 2.35. The summed E-state index contributed by atoms with van der Waals surface area (Å²) in [5.41, 5.74) is 1.63. The SMILES string of the molecule is CC[C@@H]1C2C=C(C)C[C@@H]21. The summed E-state index contributed by atoms with van der Waals surface area (Å²) in [4.78, 5) is 0. The van der Waals surface area contributed by atoms with Gasteiger partial charge in [0.25, 0.3) is 0 Å². The van der Waals surface area contributed by atoms with E-state index in [0.29, 0.717) is 0 Å². The molecule has 0 heteroatoms. The summed E-state index contributed by atoms with van der Waals surface area (Å²) in [6.07, 6.45) is 5.29. The van der Waals surface area contributed by atoms with E-state index in [-0.39, 0.29) is 0 Å². The summed E-state index contributed by atoms with van der Waals surface area (Å²) in [5, 5.41) is 0. The maximum absolute atomic E-state index is 2.48. The van der Waals surface area contributed by atoms with Gasteiger partial charge in [-0.25, -0.2) is 0 Å². The number of rotatable bonds is 1. The predicted octanol–water partition coefficient (Wildman–Crippen LogP) is 2.61. The van der Waals surface area contributed by atoms with E-state index in [9.17, 15) is 0 Å². The topological polar surface area (TPSA) is 0 Å². The second kappa shape index (κ2) is 1.62. The van der Waals surface area contributed by atoms with Gasteiger partial charge < -0.3 is 0 Å². The molecule has 0 aromatic heterocycles. The molecule has 2 rings (SSSR count). The van der Waals surface area contributed by atoms with Crippen molar-refractivity contribution >= 4 is 0 Å². The van der Waals surface area contributed by atoms with Crippen molar-refractivity contribution < 1.29 is 0 Å². The summed E-state index contributed by atoms with van der Waals surface area (Å²) in [7, 11) is 0. The molecule has 2 aliphatic carbocycles. The highest BCUT2D eigenvalue weighted by Gasteiger charge is 2.49. The number of hydrogen-bond donors (Lipinski definition) is 0. The van der Waals surface area contributed by atoms with Crippen LogP contribution in [0.15, 0.2) is 11.6 Å². The van der Waals surface area contributed by atoms with Gasteiger partial charge >= 0.3 is 0 Å². The summed E-state index contributed by atoms with van der Waals surface area (Å²) in [6.45, 7) is 4.57. The Hall–Kier alpha value is -0.260. The maximum atomic E-state index is 2.48. The van der Waals surface area contributed by atoms with Crippen molar-refractivity contribution in [3.05, 3.63) is 11.6 Å². The van der Waals surface area contributed by atoms with E-state index < -0.39 is 0 Å². The lowest BCUT2D eigenvalue weighted by atomic mass is 10.1. The van der Waals surface area contributed by atoms with Crippen LogP contribution >= 0.6 is 0 Å². The normalized spacial score (nSPS) is 46.4. The minimum atomic E-state index is 1.01. The molecule has 3 atom stereocenters. The van der Waals surface area contributed by atoms with E-state index in [1.165, 1.54) is 12.8 Å². The molecular formula is C9H14. The molecule has 1 unspecified atom stereocenters. The molecule has 0 spiro atoms. The molecule has 0 aromatic carbocycles. The Morgan fingerprint density at radius 3 is 2.89 bits per heavy atom. The van der Waals surface area contributed by atoms with Crippen molar-refractivity contribution in [1.82, 2.24) is 0 Å². The Balaban J connectivity index is 2.04. The van der Waals surface area contributed by atoms with Crippen LogP contribution in [0.4, 0.5) is 0 Å². The molecule has 0 aliphatic heterocycles. The van der Waals surface area contributed by atoms with Crippen LogP contribution in [0.25, 0.3) is 0 Å². The van der Waals surface area contributed by atoms with E-state index >= 15 is 0 Å². The van der Waals surface area contributed by atoms with Gasteiger partial charge in [0, 0.05) is 0 Å². The zero-order valence-electron chi connectivity index (χ0n) is 6.22. The van der Waals surface area contributed by atoms with Crippen molar-refractivity contribution in [1.29, 1.82) is 0 Å². The van der Waals surface area contributed by atoms with Crippen molar-refractivity contribution in [2.75, 3.05) is 0 Å². The van der Waals surface area contributed by atoms with Gasteiger partial charge in [-0.3, -0.25) is 0 Å². The highest BCUT2D eigenvalue weighted by molar-refractivity contribution is 5.22. The molecule has 1 fully saturated rings. The molecule has 0 bridgehead atoms. The molecule has 0 nitrogen and oxygen atoms in total. The number of allylic oxidation sites excluding steroid dienone is 2. The molecule has 0 aromatic rings. The van der Waals surface area contributed by atoms with Crippen LogP contribution in [-0.4, -0.2) is 0 Å². The maximum Gasteiger partial charge on any atom is -0.0165 e. The number of hydrogen-bond acceptors (Lipinski definition) is 0. The lowest BCUT2D eigenvalue weighted by Gasteiger charge is -1.95. The first-order valence-corrected chi connectivity index (χ1v) is 4.00. The summed E-state index contributed by atoms with van der Waals surface area (Å²) in [5.74, 6) is 3.17. The van der Waals surface area contributed by atoms with Crippen LogP contribution in [0.5, 0.6) is 0 Å². The third kappa shape index (κ3) is 0.654. The Morgan fingerprint density at radius 1 is 1.67 bits per heavy atom. The van der Waals surface area contributed by atoms with Crippen molar-refractivity contribution in [2.45, 2.75) is 26.7 Å². The summed E-state index contributed by atoms with van der Waals surface area (Å²) in [6, 6.07) is 0. The van der Waals surface area contributed by atoms with Crippen LogP contribution in [0, 0.1) is 17.8 Å². The third-order valence-electron chi connectivity index (χ3n) is 2.90. The first kappa shape index (κ1) is 5.52. The highest BCUT2D eigenvalue weighted by Crippen LogP contribution is 2.57. The Bertz CT molecular complexity index is 155. The van der Waals surface area contributed by atoms with Crippen molar-refractivity contribution in [3.63, 3.8) is 0 Å². The van der Waals surface area contributed by atoms with Crippen LogP contribution in [0.1, 0.15) is 26.7 Å². The van der Waals surface area contributed by atoms with Crippen molar-refractivity contribution in [2.24, 2.45) is 17.8 Å². The fraction of sp³-hybridized carbons (Fsp3) is 0.778. The highest BCUT2D eigenvalue weighted by atomic mass is 14.5. The van der Waals surface area contributed by atoms with Gasteiger partial charge in [0.1, 0.15) is 0 Å². The number of fused-ring (bicyclic) bond motifs is 1. The molecule has 0 radical (unpaired) electrons. The van der Waals surface area contributed by atoms with Crippen LogP contribution < -0.4 is 0 Å². The van der Waals surface area contributed by atoms with Gasteiger partial charge in [-0.2, -0.15) is 0 Å². The standard InChI is InChI=1S/C9H14/c1-3-7-8-4-6(2)5-9(7)8/h4,7-9H,3,5H2,1-2H3/t7-,8?,9-/m1/s1. The predicted molar refractivity (Wildman–Crippen MR) is 39.1 cm³/mol. The van der Waals surface area contributed by atoms with Crippen LogP contribution in [-0.2, 0) is 0 Å².